The molecular formula is C18H17F3N6O2S. The van der Waals surface area contributed by atoms with E-state index in [9.17, 15) is 23.3 Å². The first-order valence-corrected chi connectivity index (χ1v) is 9.52. The first kappa shape index (κ1) is 20.3. The summed E-state index contributed by atoms with van der Waals surface area (Å²) >= 11 is 5.44. The Balaban J connectivity index is 1.48. The Morgan fingerprint density at radius 1 is 1.13 bits per heavy atom. The van der Waals surface area contributed by atoms with Gasteiger partial charge in [-0.05, 0) is 36.5 Å². The molecule has 0 radical (unpaired) electrons. The Kier molecular flexibility index (Phi) is 5.20. The summed E-state index contributed by atoms with van der Waals surface area (Å²) in [7, 11) is 0. The van der Waals surface area contributed by atoms with E-state index in [0.717, 1.165) is 11.7 Å². The van der Waals surface area contributed by atoms with Crippen LogP contribution in [0.2, 0.25) is 0 Å². The SMILES string of the molecule is O=[N+]([O-])c1cc(C(F)(F)F)ccc1N1CCN(Cn2nc3ccccn3c2=S)CC1. The third-order valence-electron chi connectivity index (χ3n) is 5.03. The zero-order valence-corrected chi connectivity index (χ0v) is 16.4. The molecular weight excluding hydrogens is 421 g/mol. The summed E-state index contributed by atoms with van der Waals surface area (Å²) in [5.74, 6) is 0. The molecule has 0 aliphatic carbocycles. The molecule has 2 aromatic heterocycles. The van der Waals surface area contributed by atoms with Gasteiger partial charge in [-0.15, -0.1) is 0 Å². The van der Waals surface area contributed by atoms with Crippen LogP contribution in [-0.2, 0) is 12.8 Å². The lowest BCUT2D eigenvalue weighted by Gasteiger charge is -2.35. The molecule has 158 valence electrons. The smallest absolute Gasteiger partial charge is 0.363 e. The predicted octanol–water partition coefficient (Wildman–Crippen LogP) is 3.57. The maximum atomic E-state index is 12.9. The van der Waals surface area contributed by atoms with Crippen LogP contribution in [0.4, 0.5) is 24.5 Å². The van der Waals surface area contributed by atoms with Crippen LogP contribution >= 0.6 is 12.2 Å². The average Bonchev–Trinajstić information content (AvgIpc) is 3.03. The summed E-state index contributed by atoms with van der Waals surface area (Å²) < 4.78 is 42.8. The van der Waals surface area contributed by atoms with Gasteiger partial charge in [-0.25, -0.2) is 4.68 Å². The van der Waals surface area contributed by atoms with Crippen LogP contribution in [-0.4, -0.2) is 50.2 Å². The Bertz CT molecular complexity index is 1150. The molecule has 0 bridgehead atoms. The third-order valence-corrected chi connectivity index (χ3v) is 5.44. The van der Waals surface area contributed by atoms with Gasteiger partial charge in [-0.3, -0.25) is 19.4 Å². The number of nitrogens with zero attached hydrogens (tertiary/aromatic N) is 6. The lowest BCUT2D eigenvalue weighted by atomic mass is 10.1. The van der Waals surface area contributed by atoms with E-state index in [1.807, 2.05) is 24.4 Å². The summed E-state index contributed by atoms with van der Waals surface area (Å²) in [6.45, 7) is 2.46. The molecule has 30 heavy (non-hydrogen) atoms. The molecule has 1 aliphatic rings. The molecule has 1 fully saturated rings. The number of fused-ring (bicyclic) bond motifs is 1. The maximum absolute atomic E-state index is 12.9. The van der Waals surface area contributed by atoms with Gasteiger partial charge < -0.3 is 4.90 Å². The molecule has 4 rings (SSSR count). The molecule has 0 spiro atoms. The highest BCUT2D eigenvalue weighted by atomic mass is 32.1. The number of benzene rings is 1. The first-order chi connectivity index (χ1) is 14.2. The number of hydrogen-bond acceptors (Lipinski definition) is 6. The predicted molar refractivity (Wildman–Crippen MR) is 106 cm³/mol. The zero-order chi connectivity index (χ0) is 21.5. The lowest BCUT2D eigenvalue weighted by Crippen LogP contribution is -2.47. The van der Waals surface area contributed by atoms with Gasteiger partial charge in [0.25, 0.3) is 5.69 Å². The third kappa shape index (κ3) is 3.87. The van der Waals surface area contributed by atoms with Gasteiger partial charge in [-0.1, -0.05) is 6.07 Å². The molecule has 0 saturated carbocycles. The van der Waals surface area contributed by atoms with Crippen molar-refractivity contribution >= 4 is 29.2 Å². The van der Waals surface area contributed by atoms with Crippen molar-refractivity contribution in [2.75, 3.05) is 31.1 Å². The first-order valence-electron chi connectivity index (χ1n) is 9.11. The van der Waals surface area contributed by atoms with E-state index in [1.54, 1.807) is 14.0 Å². The Hall–Kier alpha value is -2.99. The number of halogens is 3. The van der Waals surface area contributed by atoms with E-state index in [2.05, 4.69) is 10.00 Å². The number of nitro benzene ring substituents is 1. The largest absolute Gasteiger partial charge is 0.416 e. The summed E-state index contributed by atoms with van der Waals surface area (Å²) in [6.07, 6.45) is -2.79. The van der Waals surface area contributed by atoms with Gasteiger partial charge in [0.15, 0.2) is 5.65 Å². The Morgan fingerprint density at radius 3 is 2.50 bits per heavy atom. The highest BCUT2D eigenvalue weighted by Crippen LogP contribution is 2.36. The second-order valence-electron chi connectivity index (χ2n) is 6.92. The van der Waals surface area contributed by atoms with Crippen LogP contribution in [0.1, 0.15) is 5.56 Å². The Morgan fingerprint density at radius 2 is 1.87 bits per heavy atom. The van der Waals surface area contributed by atoms with E-state index in [1.165, 1.54) is 6.07 Å². The summed E-state index contributed by atoms with van der Waals surface area (Å²) in [5.41, 5.74) is -0.642. The van der Waals surface area contributed by atoms with Crippen LogP contribution < -0.4 is 4.90 Å². The molecule has 1 aliphatic heterocycles. The molecule has 1 aromatic carbocycles. The van der Waals surface area contributed by atoms with Crippen molar-refractivity contribution in [2.24, 2.45) is 0 Å². The van der Waals surface area contributed by atoms with Crippen LogP contribution in [0.5, 0.6) is 0 Å². The molecule has 8 nitrogen and oxygen atoms in total. The van der Waals surface area contributed by atoms with E-state index in [0.29, 0.717) is 43.7 Å². The van der Waals surface area contributed by atoms with Gasteiger partial charge >= 0.3 is 6.18 Å². The van der Waals surface area contributed by atoms with Crippen molar-refractivity contribution < 1.29 is 18.1 Å². The number of anilines is 1. The van der Waals surface area contributed by atoms with Crippen molar-refractivity contribution in [3.05, 3.63) is 63.0 Å². The zero-order valence-electron chi connectivity index (χ0n) is 15.6. The van der Waals surface area contributed by atoms with E-state index in [-0.39, 0.29) is 5.69 Å². The van der Waals surface area contributed by atoms with Crippen LogP contribution in [0.15, 0.2) is 42.6 Å². The van der Waals surface area contributed by atoms with E-state index in [4.69, 9.17) is 12.2 Å². The second-order valence-corrected chi connectivity index (χ2v) is 7.28. The molecule has 0 N–H and O–H groups in total. The molecule has 0 atom stereocenters. The lowest BCUT2D eigenvalue weighted by molar-refractivity contribution is -0.384. The molecule has 3 aromatic rings. The average molecular weight is 438 g/mol. The number of piperazine rings is 1. The summed E-state index contributed by atoms with van der Waals surface area (Å²) in [4.78, 5) is 14.4. The molecule has 3 heterocycles. The highest BCUT2D eigenvalue weighted by Gasteiger charge is 2.34. The van der Waals surface area contributed by atoms with Crippen LogP contribution in [0, 0.1) is 14.9 Å². The van der Waals surface area contributed by atoms with Crippen molar-refractivity contribution in [3.63, 3.8) is 0 Å². The minimum atomic E-state index is -4.63. The highest BCUT2D eigenvalue weighted by molar-refractivity contribution is 7.71. The molecule has 0 amide bonds. The number of rotatable bonds is 4. The number of hydrogen-bond donors (Lipinski definition) is 0. The van der Waals surface area contributed by atoms with E-state index >= 15 is 0 Å². The van der Waals surface area contributed by atoms with E-state index < -0.39 is 22.4 Å². The Labute approximate surface area is 173 Å². The number of nitro groups is 1. The fraction of sp³-hybridized carbons (Fsp3) is 0.333. The number of pyridine rings is 1. The summed E-state index contributed by atoms with van der Waals surface area (Å²) in [6, 6.07) is 8.24. The van der Waals surface area contributed by atoms with Crippen molar-refractivity contribution in [2.45, 2.75) is 12.8 Å². The quantitative estimate of drug-likeness (QED) is 0.352. The minimum Gasteiger partial charge on any atom is -0.363 e. The standard InChI is InChI=1S/C18H17F3N6O2S/c19-18(20,21)13-4-5-14(15(11-13)27(28)29)24-9-7-23(8-10-24)12-26-17(30)25-6-2-1-3-16(25)22-26/h1-6,11H,7-10,12H2. The van der Waals surface area contributed by atoms with Crippen LogP contribution in [0.25, 0.3) is 5.65 Å². The van der Waals surface area contributed by atoms with Gasteiger partial charge in [-0.2, -0.15) is 18.3 Å². The van der Waals surface area contributed by atoms with Gasteiger partial charge in [0.1, 0.15) is 5.69 Å². The second kappa shape index (κ2) is 7.69. The van der Waals surface area contributed by atoms with Gasteiger partial charge in [0, 0.05) is 38.4 Å². The van der Waals surface area contributed by atoms with Gasteiger partial charge in [0.2, 0.25) is 4.77 Å². The van der Waals surface area contributed by atoms with Crippen molar-refractivity contribution in [1.29, 1.82) is 0 Å². The minimum absolute atomic E-state index is 0.192. The molecule has 1 saturated heterocycles. The van der Waals surface area contributed by atoms with Crippen molar-refractivity contribution in [3.8, 4) is 0 Å². The number of alkyl halides is 3. The molecule has 0 unspecified atom stereocenters. The monoisotopic (exact) mass is 438 g/mol. The topological polar surface area (TPSA) is 71.8 Å². The fourth-order valence-corrected chi connectivity index (χ4v) is 3.75. The normalized spacial score (nSPS) is 15.6. The number of aromatic nitrogens is 3. The van der Waals surface area contributed by atoms with Gasteiger partial charge in [0.05, 0.1) is 17.2 Å². The molecule has 12 heteroatoms. The van der Waals surface area contributed by atoms with Crippen molar-refractivity contribution in [1.82, 2.24) is 19.1 Å². The maximum Gasteiger partial charge on any atom is 0.416 e. The van der Waals surface area contributed by atoms with Crippen LogP contribution in [0.3, 0.4) is 0 Å². The summed E-state index contributed by atoms with van der Waals surface area (Å²) in [5, 5.41) is 15.8. The fourth-order valence-electron chi connectivity index (χ4n) is 3.49.